The highest BCUT2D eigenvalue weighted by atomic mass is 16.2. The zero-order chi connectivity index (χ0) is 13.8. The lowest BCUT2D eigenvalue weighted by Crippen LogP contribution is -2.35. The van der Waals surface area contributed by atoms with Crippen molar-refractivity contribution < 1.29 is 4.79 Å². The number of nitrogens with one attached hydrogen (secondary N) is 2. The minimum atomic E-state index is -0.0623. The first-order valence-electron chi connectivity index (χ1n) is 6.92. The van der Waals surface area contributed by atoms with Crippen LogP contribution in [-0.2, 0) is 11.3 Å². The number of anilines is 1. The van der Waals surface area contributed by atoms with Crippen LogP contribution in [0.1, 0.15) is 18.4 Å². The Hall–Kier alpha value is -2.14. The minimum absolute atomic E-state index is 0.0513. The number of rotatable bonds is 4. The van der Waals surface area contributed by atoms with Gasteiger partial charge in [0.25, 0.3) is 0 Å². The summed E-state index contributed by atoms with van der Waals surface area (Å²) in [6.07, 6.45) is 5.64. The van der Waals surface area contributed by atoms with Gasteiger partial charge < -0.3 is 10.6 Å². The summed E-state index contributed by atoms with van der Waals surface area (Å²) in [4.78, 5) is 12.2. The first-order valence-corrected chi connectivity index (χ1v) is 6.92. The molecule has 2 aromatic rings. The van der Waals surface area contributed by atoms with Crippen LogP contribution in [0.15, 0.2) is 42.7 Å². The number of para-hydroxylation sites is 1. The van der Waals surface area contributed by atoms with Gasteiger partial charge >= 0.3 is 0 Å². The molecule has 5 heteroatoms. The van der Waals surface area contributed by atoms with E-state index in [0.717, 1.165) is 30.6 Å². The van der Waals surface area contributed by atoms with Gasteiger partial charge in [-0.25, -0.2) is 0 Å². The third kappa shape index (κ3) is 2.88. The Morgan fingerprint density at radius 3 is 3.05 bits per heavy atom. The maximum atomic E-state index is 12.2. The Kier molecular flexibility index (Phi) is 3.78. The molecule has 1 aliphatic heterocycles. The molecule has 0 aliphatic carbocycles. The number of carbonyl (C=O) groups is 1. The molecular weight excluding hydrogens is 252 g/mol. The van der Waals surface area contributed by atoms with Crippen LogP contribution in [0.25, 0.3) is 0 Å². The first kappa shape index (κ1) is 12.9. The fourth-order valence-corrected chi connectivity index (χ4v) is 2.48. The second-order valence-corrected chi connectivity index (χ2v) is 5.00. The lowest BCUT2D eigenvalue weighted by molar-refractivity contribution is -0.117. The molecule has 1 amide bonds. The zero-order valence-corrected chi connectivity index (χ0v) is 11.2. The van der Waals surface area contributed by atoms with Gasteiger partial charge in [-0.1, -0.05) is 18.2 Å². The summed E-state index contributed by atoms with van der Waals surface area (Å²) < 4.78 is 1.85. The molecule has 2 heterocycles. The molecule has 0 bridgehead atoms. The highest BCUT2D eigenvalue weighted by Gasteiger charge is 2.22. The molecule has 1 atom stereocenters. The van der Waals surface area contributed by atoms with Gasteiger partial charge in [0, 0.05) is 18.1 Å². The van der Waals surface area contributed by atoms with Crippen molar-refractivity contribution in [2.45, 2.75) is 25.4 Å². The van der Waals surface area contributed by atoms with Crippen molar-refractivity contribution in [3.8, 4) is 0 Å². The van der Waals surface area contributed by atoms with Crippen molar-refractivity contribution in [1.29, 1.82) is 0 Å². The first-order chi connectivity index (χ1) is 9.83. The number of hydrogen-bond acceptors (Lipinski definition) is 3. The second-order valence-electron chi connectivity index (χ2n) is 5.00. The number of amides is 1. The van der Waals surface area contributed by atoms with Crippen LogP contribution in [0.3, 0.4) is 0 Å². The van der Waals surface area contributed by atoms with Crippen LogP contribution in [-0.4, -0.2) is 28.3 Å². The van der Waals surface area contributed by atoms with Gasteiger partial charge in [-0.3, -0.25) is 9.48 Å². The normalized spacial score (nSPS) is 18.1. The van der Waals surface area contributed by atoms with Gasteiger partial charge in [-0.15, -0.1) is 0 Å². The Morgan fingerprint density at radius 1 is 1.40 bits per heavy atom. The fraction of sp³-hybridized carbons (Fsp3) is 0.333. The molecule has 0 saturated carbocycles. The van der Waals surface area contributed by atoms with Crippen LogP contribution in [0.2, 0.25) is 0 Å². The smallest absolute Gasteiger partial charge is 0.241 e. The summed E-state index contributed by atoms with van der Waals surface area (Å²) in [5.74, 6) is 0.0513. The molecule has 0 radical (unpaired) electrons. The lowest BCUT2D eigenvalue weighted by atomic mass is 10.1. The van der Waals surface area contributed by atoms with Gasteiger partial charge in [0.15, 0.2) is 0 Å². The second kappa shape index (κ2) is 5.88. The molecule has 0 unspecified atom stereocenters. The van der Waals surface area contributed by atoms with E-state index in [1.54, 1.807) is 6.20 Å². The van der Waals surface area contributed by atoms with E-state index < -0.39 is 0 Å². The van der Waals surface area contributed by atoms with Crippen LogP contribution in [0, 0.1) is 0 Å². The number of carbonyl (C=O) groups excluding carboxylic acids is 1. The van der Waals surface area contributed by atoms with Gasteiger partial charge in [-0.05, 0) is 37.1 Å². The molecule has 1 aromatic heterocycles. The summed E-state index contributed by atoms with van der Waals surface area (Å²) in [6.45, 7) is 1.58. The topological polar surface area (TPSA) is 59.0 Å². The van der Waals surface area contributed by atoms with Crippen LogP contribution in [0.4, 0.5) is 5.69 Å². The third-order valence-corrected chi connectivity index (χ3v) is 3.54. The molecule has 1 aromatic carbocycles. The van der Waals surface area contributed by atoms with Crippen LogP contribution in [0.5, 0.6) is 0 Å². The number of aromatic nitrogens is 2. The molecular formula is C15H18N4O. The predicted molar refractivity (Wildman–Crippen MR) is 77.4 cm³/mol. The maximum absolute atomic E-state index is 12.2. The number of benzene rings is 1. The van der Waals surface area contributed by atoms with Gasteiger partial charge in [-0.2, -0.15) is 5.10 Å². The van der Waals surface area contributed by atoms with Crippen molar-refractivity contribution in [3.63, 3.8) is 0 Å². The summed E-state index contributed by atoms with van der Waals surface area (Å²) in [5, 5.41) is 10.4. The van der Waals surface area contributed by atoms with Crippen LogP contribution >= 0.6 is 0 Å². The minimum Gasteiger partial charge on any atom is -0.324 e. The largest absolute Gasteiger partial charge is 0.324 e. The Morgan fingerprint density at radius 2 is 2.30 bits per heavy atom. The van der Waals surface area contributed by atoms with E-state index >= 15 is 0 Å². The number of nitrogens with zero attached hydrogens (tertiary/aromatic N) is 2. The fourth-order valence-electron chi connectivity index (χ4n) is 2.48. The standard InChI is InChI=1S/C15H18N4O/c20-15(14-7-3-8-16-14)18-13-6-2-1-5-12(13)11-19-10-4-9-17-19/h1-2,4-6,9-10,14,16H,3,7-8,11H2,(H,18,20)/t14-/m0/s1. The van der Waals surface area contributed by atoms with Crippen molar-refractivity contribution >= 4 is 11.6 Å². The Bertz CT molecular complexity index is 573. The molecule has 1 saturated heterocycles. The van der Waals surface area contributed by atoms with Gasteiger partial charge in [0.05, 0.1) is 12.6 Å². The van der Waals surface area contributed by atoms with Crippen LogP contribution < -0.4 is 10.6 Å². The molecule has 1 aliphatic rings. The molecule has 2 N–H and O–H groups in total. The van der Waals surface area contributed by atoms with E-state index in [1.807, 2.05) is 41.2 Å². The van der Waals surface area contributed by atoms with Crippen molar-refractivity contribution in [3.05, 3.63) is 48.3 Å². The molecule has 5 nitrogen and oxygen atoms in total. The monoisotopic (exact) mass is 270 g/mol. The molecule has 1 fully saturated rings. The molecule has 3 rings (SSSR count). The lowest BCUT2D eigenvalue weighted by Gasteiger charge is -2.14. The summed E-state index contributed by atoms with van der Waals surface area (Å²) in [5.41, 5.74) is 1.92. The highest BCUT2D eigenvalue weighted by molar-refractivity contribution is 5.95. The average molecular weight is 270 g/mol. The summed E-state index contributed by atoms with van der Waals surface area (Å²) in [6, 6.07) is 9.69. The van der Waals surface area contributed by atoms with E-state index in [4.69, 9.17) is 0 Å². The van der Waals surface area contributed by atoms with Crippen molar-refractivity contribution in [2.24, 2.45) is 0 Å². The van der Waals surface area contributed by atoms with E-state index in [9.17, 15) is 4.79 Å². The van der Waals surface area contributed by atoms with Gasteiger partial charge in [0.2, 0.25) is 5.91 Å². The SMILES string of the molecule is O=C(Nc1ccccc1Cn1cccn1)[C@@H]1CCCN1. The average Bonchev–Trinajstić information content (AvgIpc) is 3.13. The number of hydrogen-bond donors (Lipinski definition) is 2. The quantitative estimate of drug-likeness (QED) is 0.887. The molecule has 20 heavy (non-hydrogen) atoms. The highest BCUT2D eigenvalue weighted by Crippen LogP contribution is 2.17. The predicted octanol–water partition coefficient (Wildman–Crippen LogP) is 1.62. The van der Waals surface area contributed by atoms with E-state index in [1.165, 1.54) is 0 Å². The summed E-state index contributed by atoms with van der Waals surface area (Å²) in [7, 11) is 0. The third-order valence-electron chi connectivity index (χ3n) is 3.54. The zero-order valence-electron chi connectivity index (χ0n) is 11.2. The van der Waals surface area contributed by atoms with E-state index in [-0.39, 0.29) is 11.9 Å². The van der Waals surface area contributed by atoms with Crippen molar-refractivity contribution in [2.75, 3.05) is 11.9 Å². The van der Waals surface area contributed by atoms with E-state index in [0.29, 0.717) is 6.54 Å². The van der Waals surface area contributed by atoms with E-state index in [2.05, 4.69) is 15.7 Å². The Balaban J connectivity index is 1.73. The molecule has 0 spiro atoms. The summed E-state index contributed by atoms with van der Waals surface area (Å²) >= 11 is 0. The maximum Gasteiger partial charge on any atom is 0.241 e. The van der Waals surface area contributed by atoms with Gasteiger partial charge in [0.1, 0.15) is 0 Å². The Labute approximate surface area is 118 Å². The molecule has 104 valence electrons. The van der Waals surface area contributed by atoms with Crippen molar-refractivity contribution in [1.82, 2.24) is 15.1 Å².